The van der Waals surface area contributed by atoms with Crippen molar-refractivity contribution in [1.29, 1.82) is 0 Å². The smallest absolute Gasteiger partial charge is 0.0468 e. The summed E-state index contributed by atoms with van der Waals surface area (Å²) in [7, 11) is 0. The van der Waals surface area contributed by atoms with E-state index in [1.54, 1.807) is 0 Å². The highest BCUT2D eigenvalue weighted by atomic mass is 35.5. The molecule has 2 aliphatic rings. The van der Waals surface area contributed by atoms with Crippen LogP contribution in [0, 0.1) is 11.8 Å². The van der Waals surface area contributed by atoms with E-state index >= 15 is 0 Å². The molecular formula is C8H16ClNO. The van der Waals surface area contributed by atoms with Gasteiger partial charge in [-0.15, -0.1) is 12.4 Å². The van der Waals surface area contributed by atoms with Gasteiger partial charge < -0.3 is 10.1 Å². The zero-order valence-electron chi connectivity index (χ0n) is 6.71. The Morgan fingerprint density at radius 3 is 2.09 bits per heavy atom. The second-order valence-electron chi connectivity index (χ2n) is 3.37. The molecule has 0 unspecified atom stereocenters. The highest BCUT2D eigenvalue weighted by molar-refractivity contribution is 5.85. The molecule has 0 aromatic carbocycles. The molecule has 2 aliphatic heterocycles. The average Bonchev–Trinajstić information content (AvgIpc) is 1.86. The summed E-state index contributed by atoms with van der Waals surface area (Å²) < 4.78 is 5.30. The first kappa shape index (κ1) is 9.30. The lowest BCUT2D eigenvalue weighted by atomic mass is 9.82. The Hall–Kier alpha value is 0.210. The number of hydrogen-bond donors (Lipinski definition) is 1. The van der Waals surface area contributed by atoms with Crippen LogP contribution in [0.15, 0.2) is 0 Å². The SMILES string of the molecule is C1CC(C2CNC2)CCO1.Cl. The van der Waals surface area contributed by atoms with Crippen molar-refractivity contribution in [3.8, 4) is 0 Å². The van der Waals surface area contributed by atoms with E-state index in [2.05, 4.69) is 5.32 Å². The third-order valence-corrected chi connectivity index (χ3v) is 2.75. The molecule has 0 aromatic rings. The molecule has 0 aromatic heterocycles. The monoisotopic (exact) mass is 177 g/mol. The normalized spacial score (nSPS) is 27.3. The first-order valence-electron chi connectivity index (χ1n) is 4.25. The van der Waals surface area contributed by atoms with Gasteiger partial charge in [-0.3, -0.25) is 0 Å². The fourth-order valence-corrected chi connectivity index (χ4v) is 1.83. The zero-order chi connectivity index (χ0) is 6.81. The van der Waals surface area contributed by atoms with Gasteiger partial charge >= 0.3 is 0 Å². The third-order valence-electron chi connectivity index (χ3n) is 2.75. The molecule has 0 bridgehead atoms. The lowest BCUT2D eigenvalue weighted by Gasteiger charge is -2.36. The Balaban J connectivity index is 0.000000605. The predicted octanol–water partition coefficient (Wildman–Crippen LogP) is 1.05. The van der Waals surface area contributed by atoms with E-state index in [0.29, 0.717) is 0 Å². The van der Waals surface area contributed by atoms with Crippen LogP contribution in [0.4, 0.5) is 0 Å². The van der Waals surface area contributed by atoms with Crippen molar-refractivity contribution in [3.63, 3.8) is 0 Å². The minimum Gasteiger partial charge on any atom is -0.381 e. The number of hydrogen-bond acceptors (Lipinski definition) is 2. The molecule has 2 rings (SSSR count). The summed E-state index contributed by atoms with van der Waals surface area (Å²) in [5.41, 5.74) is 0. The van der Waals surface area contributed by atoms with Gasteiger partial charge in [0.05, 0.1) is 0 Å². The predicted molar refractivity (Wildman–Crippen MR) is 47.2 cm³/mol. The van der Waals surface area contributed by atoms with E-state index in [-0.39, 0.29) is 12.4 Å². The summed E-state index contributed by atoms with van der Waals surface area (Å²) in [5.74, 6) is 1.94. The molecule has 0 spiro atoms. The van der Waals surface area contributed by atoms with Crippen LogP contribution in [0.3, 0.4) is 0 Å². The molecule has 0 amide bonds. The van der Waals surface area contributed by atoms with E-state index in [1.165, 1.54) is 25.9 Å². The van der Waals surface area contributed by atoms with Crippen LogP contribution in [0.1, 0.15) is 12.8 Å². The first-order valence-corrected chi connectivity index (χ1v) is 4.25. The van der Waals surface area contributed by atoms with Crippen molar-refractivity contribution in [1.82, 2.24) is 5.32 Å². The summed E-state index contributed by atoms with van der Waals surface area (Å²) in [4.78, 5) is 0. The number of halogens is 1. The Morgan fingerprint density at radius 2 is 1.64 bits per heavy atom. The highest BCUT2D eigenvalue weighted by Gasteiger charge is 2.27. The van der Waals surface area contributed by atoms with Crippen LogP contribution in [0.25, 0.3) is 0 Å². The van der Waals surface area contributed by atoms with Crippen molar-refractivity contribution in [2.45, 2.75) is 12.8 Å². The topological polar surface area (TPSA) is 21.3 Å². The fraction of sp³-hybridized carbons (Fsp3) is 1.00. The quantitative estimate of drug-likeness (QED) is 0.647. The number of ether oxygens (including phenoxy) is 1. The second-order valence-corrected chi connectivity index (χ2v) is 3.37. The molecular weight excluding hydrogens is 162 g/mol. The van der Waals surface area contributed by atoms with Crippen molar-refractivity contribution in [2.24, 2.45) is 11.8 Å². The van der Waals surface area contributed by atoms with E-state index in [4.69, 9.17) is 4.74 Å². The van der Waals surface area contributed by atoms with Crippen molar-refractivity contribution < 1.29 is 4.74 Å². The van der Waals surface area contributed by atoms with Crippen LogP contribution < -0.4 is 5.32 Å². The van der Waals surface area contributed by atoms with Crippen LogP contribution >= 0.6 is 12.4 Å². The maximum Gasteiger partial charge on any atom is 0.0468 e. The zero-order valence-corrected chi connectivity index (χ0v) is 7.53. The van der Waals surface area contributed by atoms with E-state index in [0.717, 1.165) is 25.0 Å². The van der Waals surface area contributed by atoms with E-state index in [1.807, 2.05) is 0 Å². The lowest BCUT2D eigenvalue weighted by Crippen LogP contribution is -2.47. The van der Waals surface area contributed by atoms with Gasteiger partial charge in [0.1, 0.15) is 0 Å². The molecule has 0 saturated carbocycles. The van der Waals surface area contributed by atoms with Gasteiger partial charge in [0, 0.05) is 13.2 Å². The highest BCUT2D eigenvalue weighted by Crippen LogP contribution is 2.25. The molecule has 1 N–H and O–H groups in total. The molecule has 2 heterocycles. The van der Waals surface area contributed by atoms with Gasteiger partial charge in [0.2, 0.25) is 0 Å². The lowest BCUT2D eigenvalue weighted by molar-refractivity contribution is 0.0359. The molecule has 2 nitrogen and oxygen atoms in total. The van der Waals surface area contributed by atoms with Gasteiger partial charge in [-0.1, -0.05) is 0 Å². The van der Waals surface area contributed by atoms with Gasteiger partial charge in [0.15, 0.2) is 0 Å². The van der Waals surface area contributed by atoms with Crippen LogP contribution in [0.2, 0.25) is 0 Å². The van der Waals surface area contributed by atoms with Crippen LogP contribution in [-0.4, -0.2) is 26.3 Å². The molecule has 2 fully saturated rings. The summed E-state index contributed by atoms with van der Waals surface area (Å²) in [5, 5.41) is 3.32. The summed E-state index contributed by atoms with van der Waals surface area (Å²) in [6.45, 7) is 4.51. The fourth-order valence-electron chi connectivity index (χ4n) is 1.83. The van der Waals surface area contributed by atoms with Crippen LogP contribution in [0.5, 0.6) is 0 Å². The minimum atomic E-state index is 0. The molecule has 66 valence electrons. The summed E-state index contributed by atoms with van der Waals surface area (Å²) >= 11 is 0. The standard InChI is InChI=1S/C8H15NO.ClH/c1-3-10-4-2-7(1)8-5-9-6-8;/h7-9H,1-6H2;1H. The van der Waals surface area contributed by atoms with Crippen LogP contribution in [-0.2, 0) is 4.74 Å². The Kier molecular flexibility index (Phi) is 3.63. The molecule has 11 heavy (non-hydrogen) atoms. The van der Waals surface area contributed by atoms with Gasteiger partial charge in [-0.05, 0) is 37.8 Å². The number of nitrogens with one attached hydrogen (secondary N) is 1. The van der Waals surface area contributed by atoms with Crippen molar-refractivity contribution in [2.75, 3.05) is 26.3 Å². The van der Waals surface area contributed by atoms with E-state index < -0.39 is 0 Å². The summed E-state index contributed by atoms with van der Waals surface area (Å²) in [6, 6.07) is 0. The maximum atomic E-state index is 5.30. The first-order chi connectivity index (χ1) is 4.97. The van der Waals surface area contributed by atoms with E-state index in [9.17, 15) is 0 Å². The Morgan fingerprint density at radius 1 is 1.00 bits per heavy atom. The van der Waals surface area contributed by atoms with Crippen molar-refractivity contribution >= 4 is 12.4 Å². The molecule has 0 atom stereocenters. The largest absolute Gasteiger partial charge is 0.381 e. The number of rotatable bonds is 1. The van der Waals surface area contributed by atoms with Gasteiger partial charge in [0.25, 0.3) is 0 Å². The summed E-state index contributed by atoms with van der Waals surface area (Å²) in [6.07, 6.45) is 2.60. The molecule has 0 radical (unpaired) electrons. The Labute approximate surface area is 74.1 Å². The molecule has 3 heteroatoms. The molecule has 2 saturated heterocycles. The Bertz CT molecular complexity index is 111. The average molecular weight is 178 g/mol. The van der Waals surface area contributed by atoms with Crippen molar-refractivity contribution in [3.05, 3.63) is 0 Å². The second kappa shape index (κ2) is 4.29. The molecule has 0 aliphatic carbocycles. The van der Waals surface area contributed by atoms with Gasteiger partial charge in [-0.25, -0.2) is 0 Å². The van der Waals surface area contributed by atoms with Gasteiger partial charge in [-0.2, -0.15) is 0 Å². The third kappa shape index (κ3) is 2.08. The minimum absolute atomic E-state index is 0. The maximum absolute atomic E-state index is 5.30.